The fourth-order valence-corrected chi connectivity index (χ4v) is 5.50. The number of benzene rings is 7. The monoisotopic (exact) mass is 525 g/mol. The standard InChI is InChI=1S/C38H22O2/c1-2-8-24-21-25(14-13-23(24)7-1)36-27-9-3-5-11-29(27)37(30-12-6-4-10-28(30)36)26-15-17-35-33(22-26)31-16-18-34-32(19-20-39-34)38(31)40-35/h1-22H/i1D,2D,3D,4D,5D,6D,7D,8D,9D,10D,11D,12D,13D,14D,21D. The maximum Gasteiger partial charge on any atom is 0.146 e. The van der Waals surface area contributed by atoms with Gasteiger partial charge < -0.3 is 8.83 Å². The third kappa shape index (κ3) is 2.99. The Kier molecular flexibility index (Phi) is 2.39. The third-order valence-corrected chi connectivity index (χ3v) is 7.23. The van der Waals surface area contributed by atoms with Crippen molar-refractivity contribution in [3.05, 3.63) is 133 Å². The van der Waals surface area contributed by atoms with E-state index in [1.165, 1.54) is 6.26 Å². The molecule has 0 aliphatic rings. The summed E-state index contributed by atoms with van der Waals surface area (Å²) in [6.45, 7) is 0. The molecule has 2 heterocycles. The van der Waals surface area contributed by atoms with E-state index in [1.54, 1.807) is 36.4 Å². The van der Waals surface area contributed by atoms with E-state index in [2.05, 4.69) is 0 Å². The Labute approximate surface area is 250 Å². The fraction of sp³-hybridized carbons (Fsp3) is 0. The van der Waals surface area contributed by atoms with E-state index in [1.807, 2.05) is 0 Å². The number of hydrogen-bond acceptors (Lipinski definition) is 2. The van der Waals surface area contributed by atoms with Gasteiger partial charge in [0.25, 0.3) is 0 Å². The highest BCUT2D eigenvalue weighted by atomic mass is 16.3. The van der Waals surface area contributed by atoms with Gasteiger partial charge in [0.2, 0.25) is 0 Å². The molecule has 9 aromatic rings. The summed E-state index contributed by atoms with van der Waals surface area (Å²) in [7, 11) is 0. The van der Waals surface area contributed by atoms with Crippen molar-refractivity contribution in [3.8, 4) is 22.3 Å². The lowest BCUT2D eigenvalue weighted by Crippen LogP contribution is -1.91. The molecule has 2 aromatic heterocycles. The van der Waals surface area contributed by atoms with Crippen molar-refractivity contribution >= 4 is 65.2 Å². The highest BCUT2D eigenvalue weighted by Crippen LogP contribution is 2.45. The Bertz CT molecular complexity index is 3190. The lowest BCUT2D eigenvalue weighted by Gasteiger charge is -2.18. The van der Waals surface area contributed by atoms with Crippen LogP contribution < -0.4 is 0 Å². The van der Waals surface area contributed by atoms with Crippen LogP contribution in [-0.4, -0.2) is 0 Å². The normalized spacial score (nSPS) is 17.2. The minimum Gasteiger partial charge on any atom is -0.464 e. The second-order valence-electron chi connectivity index (χ2n) is 9.34. The van der Waals surface area contributed by atoms with Crippen LogP contribution in [0.15, 0.2) is 142 Å². The van der Waals surface area contributed by atoms with Gasteiger partial charge in [-0.2, -0.15) is 0 Å². The van der Waals surface area contributed by atoms with E-state index in [0.717, 1.165) is 0 Å². The molecule has 0 unspecified atom stereocenters. The highest BCUT2D eigenvalue weighted by molar-refractivity contribution is 6.23. The zero-order valence-electron chi connectivity index (χ0n) is 35.4. The summed E-state index contributed by atoms with van der Waals surface area (Å²) in [6, 6.07) is 0.214. The zero-order valence-corrected chi connectivity index (χ0v) is 20.4. The summed E-state index contributed by atoms with van der Waals surface area (Å²) in [4.78, 5) is 0. The van der Waals surface area contributed by atoms with Crippen LogP contribution in [0.4, 0.5) is 0 Å². The molecule has 9 rings (SSSR count). The Hall–Kier alpha value is -5.34. The van der Waals surface area contributed by atoms with Crippen molar-refractivity contribution in [2.45, 2.75) is 0 Å². The second kappa shape index (κ2) is 8.08. The molecule has 0 N–H and O–H groups in total. The summed E-state index contributed by atoms with van der Waals surface area (Å²) >= 11 is 0. The number of hydrogen-bond donors (Lipinski definition) is 0. The van der Waals surface area contributed by atoms with E-state index in [0.29, 0.717) is 38.5 Å². The second-order valence-corrected chi connectivity index (χ2v) is 9.34. The first kappa shape index (κ1) is 11.8. The van der Waals surface area contributed by atoms with Crippen molar-refractivity contribution in [3.63, 3.8) is 0 Å². The Morgan fingerprint density at radius 1 is 0.475 bits per heavy atom. The van der Waals surface area contributed by atoms with E-state index < -0.39 is 107 Å². The third-order valence-electron chi connectivity index (χ3n) is 7.23. The van der Waals surface area contributed by atoms with Crippen molar-refractivity contribution in [2.24, 2.45) is 0 Å². The van der Waals surface area contributed by atoms with Gasteiger partial charge in [-0.1, -0.05) is 90.7 Å². The molecule has 0 saturated carbocycles. The van der Waals surface area contributed by atoms with Crippen LogP contribution in [0.1, 0.15) is 20.6 Å². The minimum atomic E-state index is -0.741. The molecule has 0 atom stereocenters. The molecule has 0 spiro atoms. The van der Waals surface area contributed by atoms with Gasteiger partial charge in [-0.05, 0) is 90.9 Å². The largest absolute Gasteiger partial charge is 0.464 e. The van der Waals surface area contributed by atoms with Gasteiger partial charge in [-0.15, -0.1) is 0 Å². The van der Waals surface area contributed by atoms with Crippen LogP contribution >= 0.6 is 0 Å². The van der Waals surface area contributed by atoms with Crippen molar-refractivity contribution in [1.82, 2.24) is 0 Å². The van der Waals surface area contributed by atoms with Crippen LogP contribution in [0, 0.1) is 0 Å². The molecule has 0 aliphatic heterocycles. The topological polar surface area (TPSA) is 26.3 Å². The van der Waals surface area contributed by atoms with Gasteiger partial charge in [-0.25, -0.2) is 0 Å². The van der Waals surface area contributed by atoms with Crippen molar-refractivity contribution < 1.29 is 29.4 Å². The first-order valence-corrected chi connectivity index (χ1v) is 12.4. The molecule has 0 saturated heterocycles. The van der Waals surface area contributed by atoms with Gasteiger partial charge in [0, 0.05) is 10.8 Å². The van der Waals surface area contributed by atoms with Gasteiger partial charge in [0.15, 0.2) is 0 Å². The van der Waals surface area contributed by atoms with Crippen LogP contribution in [-0.2, 0) is 0 Å². The molecular weight excluding hydrogens is 488 g/mol. The van der Waals surface area contributed by atoms with Crippen LogP contribution in [0.25, 0.3) is 87.5 Å². The molecule has 2 nitrogen and oxygen atoms in total. The molecule has 40 heavy (non-hydrogen) atoms. The quantitative estimate of drug-likeness (QED) is 0.210. The molecule has 0 amide bonds. The molecule has 0 bridgehead atoms. The smallest absolute Gasteiger partial charge is 0.146 e. The maximum atomic E-state index is 9.37. The predicted molar refractivity (Wildman–Crippen MR) is 167 cm³/mol. The van der Waals surface area contributed by atoms with E-state index in [9.17, 15) is 8.22 Å². The molecule has 0 radical (unpaired) electrons. The lowest BCUT2D eigenvalue weighted by atomic mass is 9.85. The summed E-state index contributed by atoms with van der Waals surface area (Å²) in [6.07, 6.45) is 1.53. The molecule has 186 valence electrons. The molecule has 7 aromatic carbocycles. The van der Waals surface area contributed by atoms with Crippen molar-refractivity contribution in [2.75, 3.05) is 0 Å². The lowest BCUT2D eigenvalue weighted by molar-refractivity contribution is 0.615. The van der Waals surface area contributed by atoms with Crippen molar-refractivity contribution in [1.29, 1.82) is 0 Å². The van der Waals surface area contributed by atoms with Gasteiger partial charge in [-0.3, -0.25) is 0 Å². The van der Waals surface area contributed by atoms with Crippen LogP contribution in [0.2, 0.25) is 0 Å². The molecule has 2 heteroatoms. The number of furan rings is 2. The number of rotatable bonds is 2. The summed E-state index contributed by atoms with van der Waals surface area (Å²) in [5.74, 6) is 0. The van der Waals surface area contributed by atoms with Gasteiger partial charge >= 0.3 is 0 Å². The van der Waals surface area contributed by atoms with Gasteiger partial charge in [0.05, 0.1) is 32.2 Å². The predicted octanol–water partition coefficient (Wildman–Crippen LogP) is 11.1. The minimum absolute atomic E-state index is 0.0141. The summed E-state index contributed by atoms with van der Waals surface area (Å²) < 4.78 is 145. The zero-order chi connectivity index (χ0) is 39.3. The Balaban J connectivity index is 1.56. The summed E-state index contributed by atoms with van der Waals surface area (Å²) in [5, 5.41) is 0.143. The first-order valence-electron chi connectivity index (χ1n) is 19.9. The number of fused-ring (bicyclic) bond motifs is 8. The first-order chi connectivity index (χ1) is 26.1. The average Bonchev–Trinajstić information content (AvgIpc) is 3.81. The van der Waals surface area contributed by atoms with E-state index in [4.69, 9.17) is 21.2 Å². The van der Waals surface area contributed by atoms with E-state index in [-0.39, 0.29) is 32.7 Å². The summed E-state index contributed by atoms with van der Waals surface area (Å²) in [5.41, 5.74) is 1.02. The van der Waals surface area contributed by atoms with Crippen LogP contribution in [0.3, 0.4) is 0 Å². The fourth-order valence-electron chi connectivity index (χ4n) is 5.50. The Morgan fingerprint density at radius 3 is 1.88 bits per heavy atom. The van der Waals surface area contributed by atoms with Gasteiger partial charge in [0.1, 0.15) is 16.7 Å². The maximum absolute atomic E-state index is 9.37. The van der Waals surface area contributed by atoms with E-state index >= 15 is 0 Å². The average molecular weight is 526 g/mol. The molecule has 0 aliphatic carbocycles. The Morgan fingerprint density at radius 2 is 1.12 bits per heavy atom. The molecular formula is C38H22O2. The van der Waals surface area contributed by atoms with Crippen LogP contribution in [0.5, 0.6) is 0 Å². The molecule has 0 fully saturated rings. The SMILES string of the molecule is [2H]c1c([2H])c([2H])c2c([2H])c(-c3c4c([2H])c([2H])c([2H])c([2H])c4c(-c4ccc5oc6c7ccoc7ccc6c5c4)c4c([2H])c([2H])c([2H])c([2H])c34)c([2H])c([2H])c2c1[2H]. The highest BCUT2D eigenvalue weighted by Gasteiger charge is 2.18.